The van der Waals surface area contributed by atoms with Crippen LogP contribution in [0.4, 0.5) is 32.0 Å². The van der Waals surface area contributed by atoms with Crippen LogP contribution in [0.3, 0.4) is 0 Å². The van der Waals surface area contributed by atoms with Crippen LogP contribution in [0.2, 0.25) is 0 Å². The number of halogens is 6. The molecular weight excluding hydrogens is 640 g/mol. The van der Waals surface area contributed by atoms with Gasteiger partial charge in [0.1, 0.15) is 23.9 Å². The van der Waals surface area contributed by atoms with E-state index >= 15 is 4.39 Å². The van der Waals surface area contributed by atoms with E-state index in [-0.39, 0.29) is 38.7 Å². The molecule has 1 heterocycles. The van der Waals surface area contributed by atoms with E-state index in [0.29, 0.717) is 11.1 Å². The van der Waals surface area contributed by atoms with Crippen LogP contribution < -0.4 is 21.3 Å². The van der Waals surface area contributed by atoms with E-state index in [2.05, 4.69) is 14.7 Å². The van der Waals surface area contributed by atoms with Crippen molar-refractivity contribution in [2.75, 3.05) is 11.3 Å². The van der Waals surface area contributed by atoms with Crippen molar-refractivity contribution in [2.24, 2.45) is 18.6 Å². The van der Waals surface area contributed by atoms with Gasteiger partial charge in [0.15, 0.2) is 0 Å². The van der Waals surface area contributed by atoms with E-state index in [1.807, 2.05) is 0 Å². The van der Waals surface area contributed by atoms with Gasteiger partial charge in [-0.3, -0.25) is 19.2 Å². The van der Waals surface area contributed by atoms with Gasteiger partial charge >= 0.3 is 6.36 Å². The van der Waals surface area contributed by atoms with Crippen LogP contribution in [-0.2, 0) is 35.3 Å². The minimum atomic E-state index is -4.91. The number of alkyl halides is 5. The van der Waals surface area contributed by atoms with Crippen LogP contribution in [0.5, 0.6) is 5.75 Å². The average Bonchev–Trinajstić information content (AvgIpc) is 3.40. The van der Waals surface area contributed by atoms with Gasteiger partial charge in [0.25, 0.3) is 5.92 Å². The van der Waals surface area contributed by atoms with Crippen LogP contribution >= 0.6 is 0 Å². The summed E-state index contributed by atoms with van der Waals surface area (Å²) in [6.07, 6.45) is -2.99. The molecule has 1 atom stereocenters. The largest absolute Gasteiger partial charge is 0.573 e. The Labute approximate surface area is 262 Å². The average molecular weight is 670 g/mol. The highest BCUT2D eigenvalue weighted by atomic mass is 32.2. The Balaban J connectivity index is 1.90. The fourth-order valence-corrected chi connectivity index (χ4v) is 5.51. The molecule has 0 bridgehead atoms. The Morgan fingerprint density at radius 3 is 2.30 bits per heavy atom. The maximum absolute atomic E-state index is 15.1. The maximum atomic E-state index is 15.1. The molecule has 0 spiro atoms. The summed E-state index contributed by atoms with van der Waals surface area (Å²) in [7, 11) is -0.231. The first kappa shape index (κ1) is 34.5. The molecule has 0 fully saturated rings. The van der Waals surface area contributed by atoms with Gasteiger partial charge in [0, 0.05) is 47.5 Å². The van der Waals surface area contributed by atoms with Crippen molar-refractivity contribution in [1.29, 1.82) is 0 Å². The Hall–Kier alpha value is -4.38. The summed E-state index contributed by atoms with van der Waals surface area (Å²) >= 11 is 0. The molecule has 4 rings (SSSR count). The summed E-state index contributed by atoms with van der Waals surface area (Å²) < 4.78 is 100. The molecular formula is C30H29F6N5O4S. The Kier molecular flexibility index (Phi) is 10.2. The first-order valence-electron chi connectivity index (χ1n) is 13.4. The highest BCUT2D eigenvalue weighted by Crippen LogP contribution is 2.40. The first-order valence-corrected chi connectivity index (χ1v) is 15.0. The van der Waals surface area contributed by atoms with Crippen LogP contribution in [0.15, 0.2) is 71.8 Å². The Bertz CT molecular complexity index is 1780. The highest BCUT2D eigenvalue weighted by Gasteiger charge is 2.34. The van der Waals surface area contributed by atoms with Gasteiger partial charge in [-0.15, -0.1) is 13.2 Å². The molecule has 0 saturated heterocycles. The van der Waals surface area contributed by atoms with Crippen LogP contribution in [0.25, 0.3) is 28.1 Å². The van der Waals surface area contributed by atoms with Gasteiger partial charge in [-0.05, 0) is 59.7 Å². The molecule has 1 aromatic heterocycles. The number of hydrogen-bond donors (Lipinski definition) is 3. The van der Waals surface area contributed by atoms with Gasteiger partial charge in [0.05, 0.1) is 27.9 Å². The zero-order valence-electron chi connectivity index (χ0n) is 24.6. The molecule has 16 heteroatoms. The highest BCUT2D eigenvalue weighted by molar-refractivity contribution is 7.84. The fraction of sp³-hybridized carbons (Fsp3) is 0.233. The first-order chi connectivity index (χ1) is 21.6. The molecule has 3 aromatic carbocycles. The van der Waals surface area contributed by atoms with Gasteiger partial charge < -0.3 is 10.5 Å². The topological polar surface area (TPSA) is 129 Å². The predicted octanol–water partition coefficient (Wildman–Crippen LogP) is 6.66. The lowest BCUT2D eigenvalue weighted by Gasteiger charge is -2.26. The smallest absolute Gasteiger partial charge is 0.406 e. The van der Waals surface area contributed by atoms with Gasteiger partial charge in [0.2, 0.25) is 0 Å². The third-order valence-corrected chi connectivity index (χ3v) is 8.02. The molecule has 0 aliphatic carbocycles. The second-order valence-electron chi connectivity index (χ2n) is 9.98. The van der Waals surface area contributed by atoms with E-state index in [4.69, 9.17) is 16.8 Å². The van der Waals surface area contributed by atoms with Gasteiger partial charge in [-0.25, -0.2) is 15.1 Å². The number of nitrogens with zero attached hydrogens (tertiary/aromatic N) is 3. The van der Waals surface area contributed by atoms with Gasteiger partial charge in [-0.1, -0.05) is 19.1 Å². The molecule has 9 nitrogen and oxygen atoms in total. The third kappa shape index (κ3) is 7.36. The predicted molar refractivity (Wildman–Crippen MR) is 160 cm³/mol. The van der Waals surface area contributed by atoms with E-state index < -0.39 is 53.4 Å². The van der Waals surface area contributed by atoms with E-state index in [0.717, 1.165) is 29.4 Å². The lowest BCUT2D eigenvalue weighted by molar-refractivity contribution is -0.274. The standard InChI is InChI=1S/C30H29F6N5O4S/c1-4-29(32,33)28-14-24(40(2)39-28)21-10-7-18(19-11-23(31)22(16-44-42)27(13-19)46(3)43)12-25(21)41(38)26(15-37)17-5-8-20(9-6-17)45-30(34,35)36/h5-15,42H,4,16,37-38H2,1-3H3/b26-15-. The minimum Gasteiger partial charge on any atom is -0.406 e. The summed E-state index contributed by atoms with van der Waals surface area (Å²) in [5, 5.41) is 14.0. The Morgan fingerprint density at radius 2 is 1.74 bits per heavy atom. The number of aromatic nitrogens is 2. The SMILES string of the molecule is CCC(F)(F)c1cc(-c2ccc(-c3cc(F)c(COO)c(S(C)=O)c3)cc2N(N)/C(=C\N)c2ccc(OC(F)(F)F)cc2)n(C)n1. The number of anilines is 1. The third-order valence-electron chi connectivity index (χ3n) is 7.04. The molecule has 0 saturated carbocycles. The Morgan fingerprint density at radius 1 is 1.07 bits per heavy atom. The van der Waals surface area contributed by atoms with Crippen molar-refractivity contribution in [3.05, 3.63) is 89.5 Å². The number of nitrogens with two attached hydrogens (primary N) is 2. The quantitative estimate of drug-likeness (QED) is 0.0701. The molecule has 4 aromatic rings. The number of hydrogen-bond acceptors (Lipinski definition) is 8. The van der Waals surface area contributed by atoms with Crippen molar-refractivity contribution in [1.82, 2.24) is 9.78 Å². The molecule has 0 aliphatic heterocycles. The van der Waals surface area contributed by atoms with Crippen molar-refractivity contribution in [3.8, 4) is 28.1 Å². The summed E-state index contributed by atoms with van der Waals surface area (Å²) in [5.41, 5.74) is 6.95. The fourth-order valence-electron chi connectivity index (χ4n) is 4.72. The van der Waals surface area contributed by atoms with Crippen molar-refractivity contribution < 1.29 is 45.4 Å². The number of hydrazine groups is 1. The van der Waals surface area contributed by atoms with Crippen molar-refractivity contribution >= 4 is 22.2 Å². The molecule has 5 N–H and O–H groups in total. The molecule has 0 amide bonds. The summed E-state index contributed by atoms with van der Waals surface area (Å²) in [5.74, 6) is 2.05. The number of aryl methyl sites for hydroxylation is 1. The molecule has 246 valence electrons. The van der Waals surface area contributed by atoms with Crippen LogP contribution in [-0.4, -0.2) is 31.9 Å². The van der Waals surface area contributed by atoms with Crippen molar-refractivity contribution in [2.45, 2.75) is 37.1 Å². The van der Waals surface area contributed by atoms with Crippen molar-refractivity contribution in [3.63, 3.8) is 0 Å². The number of ether oxygens (including phenoxy) is 1. The molecule has 0 radical (unpaired) electrons. The summed E-state index contributed by atoms with van der Waals surface area (Å²) in [6, 6.07) is 13.1. The van der Waals surface area contributed by atoms with Gasteiger partial charge in [-0.2, -0.15) is 13.9 Å². The van der Waals surface area contributed by atoms with E-state index in [9.17, 15) is 26.2 Å². The van der Waals surface area contributed by atoms with E-state index in [1.165, 1.54) is 61.3 Å². The molecule has 1 unspecified atom stereocenters. The zero-order chi connectivity index (χ0) is 34.0. The number of rotatable bonds is 11. The number of benzene rings is 3. The zero-order valence-corrected chi connectivity index (χ0v) is 25.4. The summed E-state index contributed by atoms with van der Waals surface area (Å²) in [4.78, 5) is 4.13. The van der Waals surface area contributed by atoms with E-state index in [1.54, 1.807) is 6.07 Å². The lowest BCUT2D eigenvalue weighted by Crippen LogP contribution is -2.30. The minimum absolute atomic E-state index is 0.0565. The van der Waals surface area contributed by atoms with Crippen LogP contribution in [0, 0.1) is 5.82 Å². The lowest BCUT2D eigenvalue weighted by atomic mass is 9.98. The monoisotopic (exact) mass is 669 g/mol. The van der Waals surface area contributed by atoms with Crippen LogP contribution in [0.1, 0.15) is 30.2 Å². The molecule has 46 heavy (non-hydrogen) atoms. The normalized spacial score (nSPS) is 13.2. The maximum Gasteiger partial charge on any atom is 0.573 e. The second kappa shape index (κ2) is 13.5. The summed E-state index contributed by atoms with van der Waals surface area (Å²) in [6.45, 7) is 0.763. The second-order valence-corrected chi connectivity index (χ2v) is 11.3. The molecule has 0 aliphatic rings.